The van der Waals surface area contributed by atoms with Crippen molar-refractivity contribution in [3.05, 3.63) is 24.0 Å². The van der Waals surface area contributed by atoms with Gasteiger partial charge in [0.25, 0.3) is 0 Å². The maximum absolute atomic E-state index is 13.8. The van der Waals surface area contributed by atoms with E-state index < -0.39 is 30.6 Å². The number of nitrogens with zero attached hydrogens (tertiary/aromatic N) is 1. The number of rotatable bonds is 3. The van der Waals surface area contributed by atoms with Crippen LogP contribution in [-0.4, -0.2) is 45.3 Å². The molecule has 2 rings (SSSR count). The summed E-state index contributed by atoms with van der Waals surface area (Å²) in [6.07, 6.45) is 1.58. The lowest BCUT2D eigenvalue weighted by molar-refractivity contribution is 0.470. The van der Waals surface area contributed by atoms with Crippen molar-refractivity contribution in [1.29, 1.82) is 0 Å². The van der Waals surface area contributed by atoms with Gasteiger partial charge in [0, 0.05) is 24.2 Å². The predicted molar refractivity (Wildman–Crippen MR) is 75.6 cm³/mol. The fraction of sp³-hybridized carbons (Fsp3) is 0.455. The fourth-order valence-electron chi connectivity index (χ4n) is 1.96. The third-order valence-corrected chi connectivity index (χ3v) is 6.78. The van der Waals surface area contributed by atoms with Crippen molar-refractivity contribution in [3.8, 4) is 0 Å². The predicted octanol–water partition coefficient (Wildman–Crippen LogP) is 1.39. The molecule has 20 heavy (non-hydrogen) atoms. The lowest BCUT2D eigenvalue weighted by Crippen LogP contribution is -2.29. The summed E-state index contributed by atoms with van der Waals surface area (Å²) in [7, 11) is -7.62. The molecule has 0 radical (unpaired) electrons. The summed E-state index contributed by atoms with van der Waals surface area (Å²) in [6, 6.07) is 2.80. The molecule has 0 saturated carbocycles. The van der Waals surface area contributed by atoms with Crippen molar-refractivity contribution >= 4 is 35.8 Å². The lowest BCUT2D eigenvalue weighted by atomic mass is 10.3. The summed E-state index contributed by atoms with van der Waals surface area (Å²) in [4.78, 5) is -0.785. The van der Waals surface area contributed by atoms with Crippen LogP contribution in [0.3, 0.4) is 0 Å². The van der Waals surface area contributed by atoms with Crippen molar-refractivity contribution in [2.24, 2.45) is 0 Å². The van der Waals surface area contributed by atoms with E-state index in [0.717, 1.165) is 28.8 Å². The van der Waals surface area contributed by atoms with Gasteiger partial charge < -0.3 is 0 Å². The summed E-state index contributed by atoms with van der Waals surface area (Å²) < 4.78 is 62.6. The van der Waals surface area contributed by atoms with Crippen LogP contribution < -0.4 is 0 Å². The van der Waals surface area contributed by atoms with E-state index in [0.29, 0.717) is 6.42 Å². The Morgan fingerprint density at radius 1 is 1.30 bits per heavy atom. The van der Waals surface area contributed by atoms with Gasteiger partial charge in [-0.1, -0.05) is 15.9 Å². The van der Waals surface area contributed by atoms with Gasteiger partial charge in [-0.2, -0.15) is 4.31 Å². The number of halogens is 2. The third-order valence-electron chi connectivity index (χ3n) is 3.04. The lowest BCUT2D eigenvalue weighted by Gasteiger charge is -2.16. The first-order valence-corrected chi connectivity index (χ1v) is 10.0. The zero-order valence-electron chi connectivity index (χ0n) is 10.6. The maximum atomic E-state index is 13.8. The number of benzene rings is 1. The van der Waals surface area contributed by atoms with Crippen molar-refractivity contribution in [2.75, 3.05) is 19.3 Å². The Balaban J connectivity index is 2.52. The molecule has 1 aliphatic rings. The van der Waals surface area contributed by atoms with Gasteiger partial charge in [-0.3, -0.25) is 0 Å². The fourth-order valence-corrected chi connectivity index (χ4v) is 5.02. The van der Waals surface area contributed by atoms with Gasteiger partial charge in [0.2, 0.25) is 10.0 Å². The van der Waals surface area contributed by atoms with Gasteiger partial charge in [-0.05, 0) is 24.6 Å². The minimum Gasteiger partial charge on any atom is -0.224 e. The molecule has 0 amide bonds. The normalized spacial score (nSPS) is 21.2. The van der Waals surface area contributed by atoms with Crippen LogP contribution in [0.25, 0.3) is 0 Å². The van der Waals surface area contributed by atoms with Crippen LogP contribution in [0, 0.1) is 5.82 Å². The highest BCUT2D eigenvalue weighted by atomic mass is 79.9. The van der Waals surface area contributed by atoms with Gasteiger partial charge in [-0.15, -0.1) is 0 Å². The molecule has 1 atom stereocenters. The summed E-state index contributed by atoms with van der Waals surface area (Å²) in [6.45, 7) is 0.520. The van der Waals surface area contributed by atoms with Gasteiger partial charge in [-0.25, -0.2) is 21.2 Å². The van der Waals surface area contributed by atoms with Gasteiger partial charge in [0.15, 0.2) is 9.84 Å². The number of alkyl halides is 1. The largest absolute Gasteiger partial charge is 0.246 e. The minimum atomic E-state index is -4.02. The highest BCUT2D eigenvalue weighted by Gasteiger charge is 2.33. The van der Waals surface area contributed by atoms with E-state index in [-0.39, 0.29) is 22.8 Å². The molecule has 1 unspecified atom stereocenters. The van der Waals surface area contributed by atoms with E-state index in [1.54, 1.807) is 0 Å². The third kappa shape index (κ3) is 3.05. The van der Waals surface area contributed by atoms with Crippen LogP contribution >= 0.6 is 15.9 Å². The molecule has 5 nitrogen and oxygen atoms in total. The second-order valence-corrected chi connectivity index (χ2v) is 9.83. The van der Waals surface area contributed by atoms with Crippen molar-refractivity contribution in [3.63, 3.8) is 0 Å². The van der Waals surface area contributed by atoms with E-state index in [1.807, 2.05) is 0 Å². The summed E-state index contributed by atoms with van der Waals surface area (Å²) in [5, 5.41) is 0. The smallest absolute Gasteiger partial charge is 0.224 e. The van der Waals surface area contributed by atoms with Crippen molar-refractivity contribution in [2.45, 2.75) is 21.0 Å². The van der Waals surface area contributed by atoms with Crippen LogP contribution in [0.4, 0.5) is 4.39 Å². The Morgan fingerprint density at radius 3 is 2.45 bits per heavy atom. The first-order chi connectivity index (χ1) is 9.12. The van der Waals surface area contributed by atoms with Crippen LogP contribution in [0.1, 0.15) is 6.42 Å². The summed E-state index contributed by atoms with van der Waals surface area (Å²) >= 11 is 3.31. The molecule has 1 fully saturated rings. The summed E-state index contributed by atoms with van der Waals surface area (Å²) in [5.74, 6) is -0.949. The number of hydrogen-bond donors (Lipinski definition) is 0. The Hall–Kier alpha value is -0.510. The van der Waals surface area contributed by atoms with Gasteiger partial charge >= 0.3 is 0 Å². The van der Waals surface area contributed by atoms with E-state index in [9.17, 15) is 21.2 Å². The average Bonchev–Trinajstić information content (AvgIpc) is 2.75. The highest BCUT2D eigenvalue weighted by molar-refractivity contribution is 9.09. The van der Waals surface area contributed by atoms with E-state index in [4.69, 9.17) is 0 Å². The molecule has 0 aromatic heterocycles. The number of sulfonamides is 1. The Bertz CT molecular complexity index is 733. The molecule has 0 aliphatic carbocycles. The first kappa shape index (κ1) is 15.9. The second kappa shape index (κ2) is 5.36. The highest BCUT2D eigenvalue weighted by Crippen LogP contribution is 2.27. The Labute approximate surface area is 125 Å². The topological polar surface area (TPSA) is 71.5 Å². The molecule has 1 aliphatic heterocycles. The molecular weight excluding hydrogens is 373 g/mol. The first-order valence-electron chi connectivity index (χ1n) is 5.76. The molecule has 112 valence electrons. The van der Waals surface area contributed by atoms with Crippen LogP contribution in [0.5, 0.6) is 0 Å². The molecule has 9 heteroatoms. The maximum Gasteiger partial charge on any atom is 0.246 e. The molecule has 0 bridgehead atoms. The quantitative estimate of drug-likeness (QED) is 0.582. The van der Waals surface area contributed by atoms with E-state index in [2.05, 4.69) is 15.9 Å². The van der Waals surface area contributed by atoms with Crippen molar-refractivity contribution < 1.29 is 21.2 Å². The summed E-state index contributed by atoms with van der Waals surface area (Å²) in [5.41, 5.74) is 0. The monoisotopic (exact) mass is 385 g/mol. The van der Waals surface area contributed by atoms with Crippen molar-refractivity contribution in [1.82, 2.24) is 4.31 Å². The number of sulfone groups is 1. The molecule has 0 spiro atoms. The zero-order chi connectivity index (χ0) is 15.1. The number of hydrogen-bond acceptors (Lipinski definition) is 4. The van der Waals surface area contributed by atoms with E-state index >= 15 is 0 Å². The molecule has 1 heterocycles. The standard InChI is InChI=1S/C11H13BrFNO4S2/c1-19(15,16)9-2-3-10(13)11(6-9)20(17,18)14-5-4-8(12)7-14/h2-3,6,8H,4-5,7H2,1H3. The van der Waals surface area contributed by atoms with Gasteiger partial charge in [0.1, 0.15) is 10.7 Å². The Morgan fingerprint density at radius 2 is 1.95 bits per heavy atom. The van der Waals surface area contributed by atoms with Crippen LogP contribution in [0.15, 0.2) is 28.0 Å². The molecule has 1 aromatic rings. The molecule has 0 N–H and O–H groups in total. The zero-order valence-corrected chi connectivity index (χ0v) is 13.8. The minimum absolute atomic E-state index is 0.0263. The molecular formula is C11H13BrFNO4S2. The second-order valence-electron chi connectivity index (χ2n) is 4.61. The Kier molecular flexibility index (Phi) is 4.25. The van der Waals surface area contributed by atoms with Gasteiger partial charge in [0.05, 0.1) is 4.90 Å². The average molecular weight is 386 g/mol. The SMILES string of the molecule is CS(=O)(=O)c1ccc(F)c(S(=O)(=O)N2CCC(Br)C2)c1. The van der Waals surface area contributed by atoms with Crippen LogP contribution in [0.2, 0.25) is 0 Å². The molecule has 1 aromatic carbocycles. The molecule has 1 saturated heterocycles. The van der Waals surface area contributed by atoms with E-state index in [1.165, 1.54) is 0 Å². The van der Waals surface area contributed by atoms with Crippen LogP contribution in [-0.2, 0) is 19.9 Å².